The van der Waals surface area contributed by atoms with Gasteiger partial charge in [-0.2, -0.15) is 0 Å². The quantitative estimate of drug-likeness (QED) is 0.864. The third kappa shape index (κ3) is 3.92. The van der Waals surface area contributed by atoms with Crippen LogP contribution in [0.15, 0.2) is 18.2 Å². The Morgan fingerprint density at radius 2 is 2.20 bits per heavy atom. The largest absolute Gasteiger partial charge is 0.494 e. The van der Waals surface area contributed by atoms with Gasteiger partial charge in [0, 0.05) is 26.1 Å². The average molecular weight is 350 g/mol. The second kappa shape index (κ2) is 7.39. The molecular formula is C18H23FN2O4. The van der Waals surface area contributed by atoms with E-state index in [2.05, 4.69) is 5.32 Å². The molecule has 1 aromatic rings. The van der Waals surface area contributed by atoms with Crippen LogP contribution in [0.5, 0.6) is 5.75 Å². The molecule has 136 valence electrons. The van der Waals surface area contributed by atoms with E-state index in [4.69, 9.17) is 9.47 Å². The Morgan fingerprint density at radius 1 is 1.40 bits per heavy atom. The Kier molecular flexibility index (Phi) is 5.22. The number of likely N-dealkylation sites (tertiary alicyclic amines) is 1. The van der Waals surface area contributed by atoms with E-state index in [1.807, 2.05) is 0 Å². The van der Waals surface area contributed by atoms with Crippen molar-refractivity contribution in [2.24, 2.45) is 5.92 Å². The number of rotatable bonds is 5. The highest BCUT2D eigenvalue weighted by atomic mass is 19.1. The second-order valence-corrected chi connectivity index (χ2v) is 6.61. The second-order valence-electron chi connectivity index (χ2n) is 6.61. The number of carbonyl (C=O) groups is 2. The molecule has 2 aliphatic rings. The van der Waals surface area contributed by atoms with Crippen LogP contribution in [-0.4, -0.2) is 56.2 Å². The molecule has 0 radical (unpaired) electrons. The molecule has 3 rings (SSSR count). The fourth-order valence-corrected chi connectivity index (χ4v) is 3.61. The number of hydrogen-bond donors (Lipinski definition) is 1. The normalized spacial score (nSPS) is 24.9. The summed E-state index contributed by atoms with van der Waals surface area (Å²) >= 11 is 0. The smallest absolute Gasteiger partial charge is 0.227 e. The van der Waals surface area contributed by atoms with Gasteiger partial charge in [0.05, 0.1) is 32.2 Å². The van der Waals surface area contributed by atoms with Crippen LogP contribution in [0.2, 0.25) is 0 Å². The Hall–Kier alpha value is -2.15. The molecule has 0 unspecified atom stereocenters. The third-order valence-electron chi connectivity index (χ3n) is 4.93. The fraction of sp³-hybridized carbons (Fsp3) is 0.556. The first kappa shape index (κ1) is 17.7. The molecule has 3 atom stereocenters. The minimum Gasteiger partial charge on any atom is -0.494 e. The molecule has 2 amide bonds. The summed E-state index contributed by atoms with van der Waals surface area (Å²) in [6.07, 6.45) is 1.23. The summed E-state index contributed by atoms with van der Waals surface area (Å²) < 4.78 is 24.5. The van der Waals surface area contributed by atoms with E-state index in [9.17, 15) is 14.0 Å². The molecule has 0 spiro atoms. The summed E-state index contributed by atoms with van der Waals surface area (Å²) in [7, 11) is 3.02. The summed E-state index contributed by atoms with van der Waals surface area (Å²) in [5.41, 5.74) is 0.624. The molecule has 2 saturated heterocycles. The van der Waals surface area contributed by atoms with Crippen molar-refractivity contribution in [3.8, 4) is 5.75 Å². The van der Waals surface area contributed by atoms with E-state index in [1.165, 1.54) is 19.2 Å². The van der Waals surface area contributed by atoms with Crippen LogP contribution < -0.4 is 10.1 Å². The first-order valence-electron chi connectivity index (χ1n) is 8.46. The fourth-order valence-electron chi connectivity index (χ4n) is 3.61. The number of hydrogen-bond acceptors (Lipinski definition) is 4. The minimum absolute atomic E-state index is 0.00814. The lowest BCUT2D eigenvalue weighted by molar-refractivity contribution is -0.131. The van der Waals surface area contributed by atoms with E-state index in [0.717, 1.165) is 6.42 Å². The van der Waals surface area contributed by atoms with E-state index in [1.54, 1.807) is 18.0 Å². The summed E-state index contributed by atoms with van der Waals surface area (Å²) in [5, 5.41) is 2.60. The van der Waals surface area contributed by atoms with Gasteiger partial charge in [0.25, 0.3) is 0 Å². The predicted octanol–water partition coefficient (Wildman–Crippen LogP) is 1.13. The first-order valence-corrected chi connectivity index (χ1v) is 8.46. The van der Waals surface area contributed by atoms with Gasteiger partial charge in [-0.05, 0) is 24.1 Å². The zero-order valence-electron chi connectivity index (χ0n) is 14.5. The van der Waals surface area contributed by atoms with Gasteiger partial charge < -0.3 is 19.7 Å². The number of ether oxygens (including phenoxy) is 2. The molecule has 2 heterocycles. The lowest BCUT2D eigenvalue weighted by Gasteiger charge is -2.19. The summed E-state index contributed by atoms with van der Waals surface area (Å²) in [5.74, 6) is -0.0926. The molecule has 6 nitrogen and oxygen atoms in total. The van der Waals surface area contributed by atoms with Crippen LogP contribution in [0.4, 0.5) is 4.39 Å². The van der Waals surface area contributed by atoms with Gasteiger partial charge >= 0.3 is 0 Å². The van der Waals surface area contributed by atoms with Crippen molar-refractivity contribution < 1.29 is 23.5 Å². The molecule has 1 N–H and O–H groups in total. The van der Waals surface area contributed by atoms with Gasteiger partial charge in [0.1, 0.15) is 0 Å². The van der Waals surface area contributed by atoms with Crippen LogP contribution in [-0.2, 0) is 20.7 Å². The molecule has 7 heteroatoms. The highest BCUT2D eigenvalue weighted by molar-refractivity contribution is 5.79. The maximum absolute atomic E-state index is 13.7. The molecule has 0 saturated carbocycles. The predicted molar refractivity (Wildman–Crippen MR) is 88.7 cm³/mol. The number of nitrogens with one attached hydrogen (secondary N) is 1. The molecule has 2 aliphatic heterocycles. The van der Waals surface area contributed by atoms with Crippen molar-refractivity contribution in [1.29, 1.82) is 0 Å². The topological polar surface area (TPSA) is 67.9 Å². The van der Waals surface area contributed by atoms with Gasteiger partial charge in [0.15, 0.2) is 11.6 Å². The Morgan fingerprint density at radius 3 is 2.84 bits per heavy atom. The van der Waals surface area contributed by atoms with Crippen molar-refractivity contribution >= 4 is 11.8 Å². The number of amides is 2. The lowest BCUT2D eigenvalue weighted by Crippen LogP contribution is -2.33. The molecule has 0 aliphatic carbocycles. The van der Waals surface area contributed by atoms with E-state index in [0.29, 0.717) is 25.1 Å². The summed E-state index contributed by atoms with van der Waals surface area (Å²) in [6.45, 7) is 1.17. The van der Waals surface area contributed by atoms with Crippen LogP contribution >= 0.6 is 0 Å². The SMILES string of the molecule is CNC(=O)C[C@H]1C[C@H]2CN(C(=O)Cc3ccc(OC)c(F)c3)C[C@H]2O1. The van der Waals surface area contributed by atoms with Gasteiger partial charge in [-0.1, -0.05) is 6.07 Å². The van der Waals surface area contributed by atoms with Gasteiger partial charge in [-0.15, -0.1) is 0 Å². The average Bonchev–Trinajstić information content (AvgIpc) is 3.13. The molecule has 1 aromatic carbocycles. The zero-order valence-corrected chi connectivity index (χ0v) is 14.5. The van der Waals surface area contributed by atoms with E-state index in [-0.39, 0.29) is 42.1 Å². The van der Waals surface area contributed by atoms with Gasteiger partial charge in [-0.3, -0.25) is 9.59 Å². The highest BCUT2D eigenvalue weighted by Crippen LogP contribution is 2.34. The molecular weight excluding hydrogens is 327 g/mol. The zero-order chi connectivity index (χ0) is 18.0. The van der Waals surface area contributed by atoms with Crippen molar-refractivity contribution in [3.63, 3.8) is 0 Å². The lowest BCUT2D eigenvalue weighted by atomic mass is 10.0. The van der Waals surface area contributed by atoms with E-state index < -0.39 is 5.82 Å². The maximum Gasteiger partial charge on any atom is 0.227 e. The Balaban J connectivity index is 1.53. The van der Waals surface area contributed by atoms with Gasteiger partial charge in [0.2, 0.25) is 11.8 Å². The van der Waals surface area contributed by atoms with Crippen LogP contribution in [0.1, 0.15) is 18.4 Å². The number of halogens is 1. The summed E-state index contributed by atoms with van der Waals surface area (Å²) in [4.78, 5) is 25.7. The maximum atomic E-state index is 13.7. The highest BCUT2D eigenvalue weighted by Gasteiger charge is 2.43. The number of benzene rings is 1. The first-order chi connectivity index (χ1) is 12.0. The molecule has 0 bridgehead atoms. The third-order valence-corrected chi connectivity index (χ3v) is 4.93. The minimum atomic E-state index is -0.466. The number of methoxy groups -OCH3 is 1. The van der Waals surface area contributed by atoms with E-state index >= 15 is 0 Å². The Bertz CT molecular complexity index is 652. The monoisotopic (exact) mass is 350 g/mol. The number of fused-ring (bicyclic) bond motifs is 1. The standard InChI is InChI=1S/C18H23FN2O4/c1-20-17(22)8-13-7-12-9-21(10-16(12)25-13)18(23)6-11-3-4-15(24-2)14(19)5-11/h3-5,12-13,16H,6-10H2,1-2H3,(H,20,22)/t12-,13+,16+/m0/s1. The molecule has 0 aromatic heterocycles. The summed E-state index contributed by atoms with van der Waals surface area (Å²) in [6, 6.07) is 4.57. The van der Waals surface area contributed by atoms with Crippen LogP contribution in [0, 0.1) is 11.7 Å². The van der Waals surface area contributed by atoms with Crippen molar-refractivity contribution in [1.82, 2.24) is 10.2 Å². The van der Waals surface area contributed by atoms with Crippen molar-refractivity contribution in [2.45, 2.75) is 31.5 Å². The Labute approximate surface area is 146 Å². The van der Waals surface area contributed by atoms with Crippen LogP contribution in [0.3, 0.4) is 0 Å². The van der Waals surface area contributed by atoms with Crippen molar-refractivity contribution in [2.75, 3.05) is 27.2 Å². The number of nitrogens with zero attached hydrogens (tertiary/aromatic N) is 1. The number of carbonyl (C=O) groups excluding carboxylic acids is 2. The van der Waals surface area contributed by atoms with Gasteiger partial charge in [-0.25, -0.2) is 4.39 Å². The van der Waals surface area contributed by atoms with Crippen molar-refractivity contribution in [3.05, 3.63) is 29.6 Å². The molecule has 25 heavy (non-hydrogen) atoms. The molecule has 2 fully saturated rings. The van der Waals surface area contributed by atoms with Crippen LogP contribution in [0.25, 0.3) is 0 Å².